The third-order valence-electron chi connectivity index (χ3n) is 2.72. The number of nitrogens with one attached hydrogen (secondary N) is 1. The Morgan fingerprint density at radius 2 is 1.68 bits per heavy atom. The van der Waals surface area contributed by atoms with Crippen molar-refractivity contribution in [3.8, 4) is 0 Å². The van der Waals surface area contributed by atoms with Crippen molar-refractivity contribution in [3.05, 3.63) is 12.2 Å². The highest BCUT2D eigenvalue weighted by Gasteiger charge is 2.32. The lowest BCUT2D eigenvalue weighted by Crippen LogP contribution is -2.51. The summed E-state index contributed by atoms with van der Waals surface area (Å²) in [6.45, 7) is 12.8. The van der Waals surface area contributed by atoms with Gasteiger partial charge in [0.1, 0.15) is 5.60 Å². The third-order valence-corrected chi connectivity index (χ3v) is 2.72. The molecule has 110 valence electrons. The molecular formula is C14H26N2O3. The summed E-state index contributed by atoms with van der Waals surface area (Å²) in [7, 11) is 3.35. The van der Waals surface area contributed by atoms with Gasteiger partial charge in [0.15, 0.2) is 0 Å². The van der Waals surface area contributed by atoms with E-state index in [2.05, 4.69) is 11.9 Å². The molecule has 1 unspecified atom stereocenters. The van der Waals surface area contributed by atoms with Gasteiger partial charge in [-0.05, 0) is 34.6 Å². The van der Waals surface area contributed by atoms with Crippen molar-refractivity contribution in [2.24, 2.45) is 0 Å². The highest BCUT2D eigenvalue weighted by atomic mass is 16.6. The normalized spacial score (nSPS) is 14.3. The summed E-state index contributed by atoms with van der Waals surface area (Å²) in [6, 6.07) is 0. The molecule has 5 nitrogen and oxygen atoms in total. The van der Waals surface area contributed by atoms with Gasteiger partial charge >= 0.3 is 6.09 Å². The van der Waals surface area contributed by atoms with E-state index in [1.807, 2.05) is 0 Å². The van der Waals surface area contributed by atoms with E-state index in [0.717, 1.165) is 0 Å². The minimum absolute atomic E-state index is 0.0819. The third kappa shape index (κ3) is 6.27. The zero-order chi connectivity index (χ0) is 15.4. The minimum atomic E-state index is -0.816. The van der Waals surface area contributed by atoms with Crippen molar-refractivity contribution in [1.82, 2.24) is 10.2 Å². The van der Waals surface area contributed by atoms with Crippen molar-refractivity contribution in [3.63, 3.8) is 0 Å². The van der Waals surface area contributed by atoms with Crippen LogP contribution >= 0.6 is 0 Å². The maximum atomic E-state index is 11.8. The molecule has 0 aliphatic rings. The van der Waals surface area contributed by atoms with Crippen molar-refractivity contribution in [1.29, 1.82) is 0 Å². The molecule has 0 rings (SSSR count). The van der Waals surface area contributed by atoms with Crippen molar-refractivity contribution in [2.45, 2.75) is 52.2 Å². The van der Waals surface area contributed by atoms with E-state index in [1.165, 1.54) is 4.90 Å². The van der Waals surface area contributed by atoms with Crippen LogP contribution in [-0.4, -0.2) is 42.1 Å². The van der Waals surface area contributed by atoms with E-state index >= 15 is 0 Å². The molecule has 0 aliphatic carbocycles. The maximum Gasteiger partial charge on any atom is 0.408 e. The lowest BCUT2D eigenvalue weighted by molar-refractivity contribution is -0.129. The van der Waals surface area contributed by atoms with E-state index in [9.17, 15) is 9.59 Å². The maximum absolute atomic E-state index is 11.8. The quantitative estimate of drug-likeness (QED) is 0.798. The Labute approximate surface area is 116 Å². The molecule has 0 spiro atoms. The zero-order valence-electron chi connectivity index (χ0n) is 13.1. The van der Waals surface area contributed by atoms with Crippen molar-refractivity contribution < 1.29 is 14.3 Å². The van der Waals surface area contributed by atoms with Gasteiger partial charge in [-0.1, -0.05) is 12.2 Å². The number of amides is 2. The number of nitrogens with zero attached hydrogens (tertiary/aromatic N) is 1. The van der Waals surface area contributed by atoms with Gasteiger partial charge in [-0.2, -0.15) is 0 Å². The van der Waals surface area contributed by atoms with Gasteiger partial charge in [-0.15, -0.1) is 0 Å². The average Bonchev–Trinajstić information content (AvgIpc) is 2.12. The highest BCUT2D eigenvalue weighted by Crippen LogP contribution is 2.21. The smallest absolute Gasteiger partial charge is 0.408 e. The number of carbonyl (C=O) groups excluding carboxylic acids is 2. The summed E-state index contributed by atoms with van der Waals surface area (Å²) in [5.74, 6) is -0.0819. The van der Waals surface area contributed by atoms with Crippen LogP contribution in [0.3, 0.4) is 0 Å². The van der Waals surface area contributed by atoms with E-state index < -0.39 is 17.2 Å². The van der Waals surface area contributed by atoms with Crippen LogP contribution in [0.1, 0.15) is 41.0 Å². The minimum Gasteiger partial charge on any atom is -0.444 e. The van der Waals surface area contributed by atoms with Crippen LogP contribution in [0, 0.1) is 0 Å². The molecule has 0 saturated carbocycles. The van der Waals surface area contributed by atoms with Gasteiger partial charge in [0.25, 0.3) is 0 Å². The molecule has 1 atom stereocenters. The summed E-state index contributed by atoms with van der Waals surface area (Å²) < 4.78 is 5.21. The zero-order valence-corrected chi connectivity index (χ0v) is 13.1. The second kappa shape index (κ2) is 6.08. The van der Waals surface area contributed by atoms with Gasteiger partial charge in [0.05, 0.1) is 12.0 Å². The second-order valence-corrected chi connectivity index (χ2v) is 6.20. The van der Waals surface area contributed by atoms with Crippen LogP contribution < -0.4 is 5.32 Å². The molecule has 0 bridgehead atoms. The monoisotopic (exact) mass is 270 g/mol. The fraction of sp³-hybridized carbons (Fsp3) is 0.714. The molecule has 2 amide bonds. The summed E-state index contributed by atoms with van der Waals surface area (Å²) in [5.41, 5.74) is -0.691. The van der Waals surface area contributed by atoms with E-state index in [0.29, 0.717) is 5.57 Å². The molecule has 19 heavy (non-hydrogen) atoms. The fourth-order valence-electron chi connectivity index (χ4n) is 1.29. The average molecular weight is 270 g/mol. The fourth-order valence-corrected chi connectivity index (χ4v) is 1.29. The highest BCUT2D eigenvalue weighted by molar-refractivity contribution is 5.79. The number of ether oxygens (including phenoxy) is 1. The van der Waals surface area contributed by atoms with E-state index in [-0.39, 0.29) is 12.3 Å². The summed E-state index contributed by atoms with van der Waals surface area (Å²) in [5, 5.41) is 2.73. The van der Waals surface area contributed by atoms with E-state index in [4.69, 9.17) is 4.74 Å². The molecule has 0 saturated heterocycles. The van der Waals surface area contributed by atoms with Crippen LogP contribution in [0.2, 0.25) is 0 Å². The molecule has 5 heteroatoms. The van der Waals surface area contributed by atoms with Crippen molar-refractivity contribution >= 4 is 12.0 Å². The predicted octanol–water partition coefficient (Wildman–Crippen LogP) is 2.32. The first-order chi connectivity index (χ1) is 8.37. The molecule has 0 aromatic rings. The van der Waals surface area contributed by atoms with Crippen LogP contribution in [0.5, 0.6) is 0 Å². The Morgan fingerprint density at radius 3 is 2.00 bits per heavy atom. The number of carbonyl (C=O) groups is 2. The summed E-state index contributed by atoms with van der Waals surface area (Å²) >= 11 is 0. The molecule has 0 aromatic carbocycles. The standard InChI is InChI=1S/C14H26N2O3/c1-10(2)14(6,9-11(17)16(7)8)15-12(18)19-13(3,4)5/h1,9H2,2-8H3,(H,15,18). The lowest BCUT2D eigenvalue weighted by atomic mass is 9.90. The first-order valence-electron chi connectivity index (χ1n) is 6.25. The SMILES string of the molecule is C=C(C)C(C)(CC(=O)N(C)C)NC(=O)OC(C)(C)C. The predicted molar refractivity (Wildman–Crippen MR) is 75.9 cm³/mol. The van der Waals surface area contributed by atoms with Gasteiger partial charge in [-0.3, -0.25) is 4.79 Å². The second-order valence-electron chi connectivity index (χ2n) is 6.20. The first kappa shape index (κ1) is 17.5. The molecule has 0 aliphatic heterocycles. The van der Waals surface area contributed by atoms with Gasteiger partial charge < -0.3 is 15.0 Å². The van der Waals surface area contributed by atoms with Gasteiger partial charge in [0.2, 0.25) is 5.91 Å². The summed E-state index contributed by atoms with van der Waals surface area (Å²) in [4.78, 5) is 25.1. The number of alkyl carbamates (subject to hydrolysis) is 1. The van der Waals surface area contributed by atoms with Crippen LogP contribution in [-0.2, 0) is 9.53 Å². The molecule has 0 aromatic heterocycles. The van der Waals surface area contributed by atoms with Crippen molar-refractivity contribution in [2.75, 3.05) is 14.1 Å². The Hall–Kier alpha value is -1.52. The molecule has 0 fully saturated rings. The van der Waals surface area contributed by atoms with Crippen LogP contribution in [0.4, 0.5) is 4.79 Å². The van der Waals surface area contributed by atoms with E-state index in [1.54, 1.807) is 48.7 Å². The summed E-state index contributed by atoms with van der Waals surface area (Å²) in [6.07, 6.45) is -0.404. The van der Waals surface area contributed by atoms with Gasteiger partial charge in [0, 0.05) is 14.1 Å². The number of hydrogen-bond acceptors (Lipinski definition) is 3. The molecule has 0 heterocycles. The Bertz CT molecular complexity index is 369. The topological polar surface area (TPSA) is 58.6 Å². The Kier molecular flexibility index (Phi) is 5.60. The number of hydrogen-bond donors (Lipinski definition) is 1. The Balaban J connectivity index is 4.87. The van der Waals surface area contributed by atoms with Crippen LogP contribution in [0.25, 0.3) is 0 Å². The lowest BCUT2D eigenvalue weighted by Gasteiger charge is -2.33. The van der Waals surface area contributed by atoms with Crippen LogP contribution in [0.15, 0.2) is 12.2 Å². The van der Waals surface area contributed by atoms with Gasteiger partial charge in [-0.25, -0.2) is 4.79 Å². The molecule has 1 N–H and O–H groups in total. The largest absolute Gasteiger partial charge is 0.444 e. The first-order valence-corrected chi connectivity index (χ1v) is 6.25. The molecular weight excluding hydrogens is 244 g/mol. The number of rotatable bonds is 4. The molecule has 0 radical (unpaired) electrons. The Morgan fingerprint density at radius 1 is 1.21 bits per heavy atom.